The summed E-state index contributed by atoms with van der Waals surface area (Å²) in [6.45, 7) is 3.37. The molecule has 0 aliphatic carbocycles. The summed E-state index contributed by atoms with van der Waals surface area (Å²) in [6, 6.07) is 7.59. The molecule has 1 heterocycles. The lowest BCUT2D eigenvalue weighted by Crippen LogP contribution is -2.32. The number of aryl methyl sites for hydroxylation is 2. The van der Waals surface area contributed by atoms with Crippen LogP contribution in [0.1, 0.15) is 39.5 Å². The highest BCUT2D eigenvalue weighted by Crippen LogP contribution is 2.34. The lowest BCUT2D eigenvalue weighted by molar-refractivity contribution is -0.139. The number of ether oxygens (including phenoxy) is 2. The number of carbonyl (C=O) groups excluding carboxylic acids is 1. The summed E-state index contributed by atoms with van der Waals surface area (Å²) in [7, 11) is 0. The van der Waals surface area contributed by atoms with Gasteiger partial charge in [-0.15, -0.1) is 0 Å². The van der Waals surface area contributed by atoms with E-state index in [2.05, 4.69) is 5.32 Å². The first-order valence-corrected chi connectivity index (χ1v) is 8.54. The summed E-state index contributed by atoms with van der Waals surface area (Å²) in [4.78, 5) is 23.4. The first kappa shape index (κ1) is 18.7. The van der Waals surface area contributed by atoms with E-state index in [9.17, 15) is 14.0 Å². The number of amides is 1. The fraction of sp³-hybridized carbons (Fsp3) is 0.300. The summed E-state index contributed by atoms with van der Waals surface area (Å²) in [5.41, 5.74) is 2.38. The van der Waals surface area contributed by atoms with Crippen LogP contribution in [0.2, 0.25) is 0 Å². The zero-order valence-corrected chi connectivity index (χ0v) is 15.0. The maximum absolute atomic E-state index is 13.9. The SMILES string of the molecule is Cc1cc(C(=O)N[C@H]2CCOc3c(F)cccc32)cc(C)c1OCC(=O)O. The van der Waals surface area contributed by atoms with Gasteiger partial charge in [0.15, 0.2) is 18.2 Å². The van der Waals surface area contributed by atoms with Crippen LogP contribution < -0.4 is 14.8 Å². The molecule has 7 heteroatoms. The molecule has 0 aromatic heterocycles. The van der Waals surface area contributed by atoms with Crippen molar-refractivity contribution in [2.75, 3.05) is 13.2 Å². The number of carboxylic acids is 1. The molecule has 0 fully saturated rings. The number of aliphatic carboxylic acids is 1. The molecule has 3 rings (SSSR count). The van der Waals surface area contributed by atoms with Gasteiger partial charge in [-0.1, -0.05) is 12.1 Å². The van der Waals surface area contributed by atoms with Crippen LogP contribution in [-0.2, 0) is 4.79 Å². The van der Waals surface area contributed by atoms with Gasteiger partial charge in [0, 0.05) is 17.5 Å². The second kappa shape index (κ2) is 7.65. The molecule has 0 radical (unpaired) electrons. The molecule has 0 spiro atoms. The summed E-state index contributed by atoms with van der Waals surface area (Å²) in [6.07, 6.45) is 0.542. The second-order valence-corrected chi connectivity index (χ2v) is 6.44. The van der Waals surface area contributed by atoms with Gasteiger partial charge >= 0.3 is 5.97 Å². The third kappa shape index (κ3) is 4.02. The highest BCUT2D eigenvalue weighted by atomic mass is 19.1. The van der Waals surface area contributed by atoms with Crippen molar-refractivity contribution in [3.63, 3.8) is 0 Å². The molecule has 142 valence electrons. The number of carbonyl (C=O) groups is 2. The molecule has 2 aromatic carbocycles. The van der Waals surface area contributed by atoms with Crippen LogP contribution in [0.25, 0.3) is 0 Å². The highest BCUT2D eigenvalue weighted by Gasteiger charge is 2.26. The zero-order chi connectivity index (χ0) is 19.6. The number of halogens is 1. The Labute approximate surface area is 155 Å². The standard InChI is InChI=1S/C20H20FNO5/c1-11-8-13(9-12(2)18(11)27-10-17(23)24)20(25)22-16-6-7-26-19-14(16)4-3-5-15(19)21/h3-5,8-9,16H,6-7,10H2,1-2H3,(H,22,25)(H,23,24)/t16-/m0/s1. The van der Waals surface area contributed by atoms with Crippen LogP contribution >= 0.6 is 0 Å². The van der Waals surface area contributed by atoms with Crippen LogP contribution in [0.3, 0.4) is 0 Å². The number of para-hydroxylation sites is 1. The van der Waals surface area contributed by atoms with Crippen molar-refractivity contribution in [1.82, 2.24) is 5.32 Å². The predicted molar refractivity (Wildman–Crippen MR) is 95.8 cm³/mol. The van der Waals surface area contributed by atoms with E-state index in [-0.39, 0.29) is 17.7 Å². The maximum Gasteiger partial charge on any atom is 0.341 e. The topological polar surface area (TPSA) is 84.9 Å². The number of rotatable bonds is 5. The molecule has 1 amide bonds. The quantitative estimate of drug-likeness (QED) is 0.841. The van der Waals surface area contributed by atoms with Crippen molar-refractivity contribution < 1.29 is 28.6 Å². The van der Waals surface area contributed by atoms with E-state index in [0.717, 1.165) is 0 Å². The normalized spacial score (nSPS) is 15.4. The van der Waals surface area contributed by atoms with Gasteiger partial charge in [-0.3, -0.25) is 4.79 Å². The highest BCUT2D eigenvalue weighted by molar-refractivity contribution is 5.95. The Morgan fingerprint density at radius 3 is 2.67 bits per heavy atom. The van der Waals surface area contributed by atoms with Gasteiger partial charge in [-0.05, 0) is 43.2 Å². The van der Waals surface area contributed by atoms with Crippen LogP contribution in [0, 0.1) is 19.7 Å². The second-order valence-electron chi connectivity index (χ2n) is 6.44. The number of nitrogens with one attached hydrogen (secondary N) is 1. The summed E-state index contributed by atoms with van der Waals surface area (Å²) in [5, 5.41) is 11.7. The first-order valence-electron chi connectivity index (χ1n) is 8.54. The molecule has 0 unspecified atom stereocenters. The van der Waals surface area contributed by atoms with Crippen molar-refractivity contribution in [3.8, 4) is 11.5 Å². The Hall–Kier alpha value is -3.09. The smallest absolute Gasteiger partial charge is 0.341 e. The number of hydrogen-bond donors (Lipinski definition) is 2. The van der Waals surface area contributed by atoms with E-state index in [1.165, 1.54) is 6.07 Å². The molecule has 2 aromatic rings. The first-order chi connectivity index (χ1) is 12.9. The number of benzene rings is 2. The molecule has 0 saturated carbocycles. The Kier molecular flexibility index (Phi) is 5.30. The molecule has 2 N–H and O–H groups in total. The molecule has 27 heavy (non-hydrogen) atoms. The van der Waals surface area contributed by atoms with E-state index in [1.54, 1.807) is 38.1 Å². The average Bonchev–Trinajstić information content (AvgIpc) is 2.61. The summed E-state index contributed by atoms with van der Waals surface area (Å²) < 4.78 is 24.6. The Balaban J connectivity index is 1.80. The maximum atomic E-state index is 13.9. The van der Waals surface area contributed by atoms with Crippen LogP contribution in [-0.4, -0.2) is 30.2 Å². The van der Waals surface area contributed by atoms with Gasteiger partial charge in [-0.2, -0.15) is 0 Å². The molecule has 1 aliphatic heterocycles. The third-order valence-corrected chi connectivity index (χ3v) is 4.39. The van der Waals surface area contributed by atoms with Crippen molar-refractivity contribution in [2.45, 2.75) is 26.3 Å². The van der Waals surface area contributed by atoms with Gasteiger partial charge in [0.25, 0.3) is 5.91 Å². The Morgan fingerprint density at radius 2 is 2.00 bits per heavy atom. The molecule has 0 bridgehead atoms. The van der Waals surface area contributed by atoms with Crippen LogP contribution in [0.4, 0.5) is 4.39 Å². The van der Waals surface area contributed by atoms with E-state index in [4.69, 9.17) is 14.6 Å². The number of carboxylic acid groups (broad SMARTS) is 1. The minimum atomic E-state index is -1.07. The third-order valence-electron chi connectivity index (χ3n) is 4.39. The fourth-order valence-electron chi connectivity index (χ4n) is 3.22. The van der Waals surface area contributed by atoms with E-state index >= 15 is 0 Å². The van der Waals surface area contributed by atoms with Gasteiger partial charge in [0.05, 0.1) is 12.6 Å². The Morgan fingerprint density at radius 1 is 1.30 bits per heavy atom. The molecular weight excluding hydrogens is 353 g/mol. The van der Waals surface area contributed by atoms with E-state index in [1.807, 2.05) is 0 Å². The largest absolute Gasteiger partial charge is 0.490 e. The Bertz CT molecular complexity index is 873. The molecule has 6 nitrogen and oxygen atoms in total. The van der Waals surface area contributed by atoms with E-state index < -0.39 is 18.4 Å². The number of fused-ring (bicyclic) bond motifs is 1. The van der Waals surface area contributed by atoms with Crippen LogP contribution in [0.5, 0.6) is 11.5 Å². The lowest BCUT2D eigenvalue weighted by atomic mass is 9.99. The van der Waals surface area contributed by atoms with Gasteiger partial charge in [0.1, 0.15) is 5.75 Å². The monoisotopic (exact) mass is 373 g/mol. The number of hydrogen-bond acceptors (Lipinski definition) is 4. The fourth-order valence-corrected chi connectivity index (χ4v) is 3.22. The van der Waals surface area contributed by atoms with Crippen molar-refractivity contribution in [3.05, 3.63) is 58.4 Å². The molecule has 1 aliphatic rings. The molecule has 0 saturated heterocycles. The van der Waals surface area contributed by atoms with Crippen molar-refractivity contribution >= 4 is 11.9 Å². The van der Waals surface area contributed by atoms with Crippen molar-refractivity contribution in [1.29, 1.82) is 0 Å². The minimum Gasteiger partial charge on any atom is -0.490 e. The van der Waals surface area contributed by atoms with Crippen LogP contribution in [0.15, 0.2) is 30.3 Å². The van der Waals surface area contributed by atoms with Gasteiger partial charge < -0.3 is 19.9 Å². The predicted octanol–water partition coefficient (Wildman–Crippen LogP) is 3.16. The molecule has 1 atom stereocenters. The zero-order valence-electron chi connectivity index (χ0n) is 15.0. The average molecular weight is 373 g/mol. The summed E-state index contributed by atoms with van der Waals surface area (Å²) in [5.74, 6) is -1.18. The molecular formula is C20H20FNO5. The van der Waals surface area contributed by atoms with Crippen molar-refractivity contribution in [2.24, 2.45) is 0 Å². The minimum absolute atomic E-state index is 0.179. The van der Waals surface area contributed by atoms with E-state index in [0.29, 0.717) is 41.0 Å². The summed E-state index contributed by atoms with van der Waals surface area (Å²) >= 11 is 0. The van der Waals surface area contributed by atoms with Gasteiger partial charge in [0.2, 0.25) is 0 Å². The van der Waals surface area contributed by atoms with Gasteiger partial charge in [-0.25, -0.2) is 9.18 Å². The lowest BCUT2D eigenvalue weighted by Gasteiger charge is -2.27.